The van der Waals surface area contributed by atoms with Crippen molar-refractivity contribution in [1.82, 2.24) is 10.3 Å². The van der Waals surface area contributed by atoms with Crippen LogP contribution in [0.4, 0.5) is 0 Å². The molecule has 1 aromatic heterocycles. The number of carbonyl (C=O) groups is 1. The summed E-state index contributed by atoms with van der Waals surface area (Å²) in [4.78, 5) is 15.8. The molecular formula is C14H23N3O. The maximum absolute atomic E-state index is 11.6. The highest BCUT2D eigenvalue weighted by Gasteiger charge is 2.05. The molecule has 0 aliphatic rings. The number of aromatic nitrogens is 1. The normalized spacial score (nSPS) is 12.1. The molecule has 1 aromatic rings. The zero-order chi connectivity index (χ0) is 13.2. The van der Waals surface area contributed by atoms with Gasteiger partial charge in [-0.15, -0.1) is 0 Å². The van der Waals surface area contributed by atoms with Crippen molar-refractivity contribution in [1.29, 1.82) is 0 Å². The van der Waals surface area contributed by atoms with Crippen LogP contribution in [-0.2, 0) is 11.2 Å². The molecular weight excluding hydrogens is 226 g/mol. The molecule has 0 spiro atoms. The van der Waals surface area contributed by atoms with Crippen molar-refractivity contribution < 1.29 is 4.79 Å². The van der Waals surface area contributed by atoms with Crippen molar-refractivity contribution in [3.05, 3.63) is 30.1 Å². The van der Waals surface area contributed by atoms with Crippen molar-refractivity contribution in [3.8, 4) is 0 Å². The van der Waals surface area contributed by atoms with Gasteiger partial charge in [0.15, 0.2) is 0 Å². The second-order valence-electron chi connectivity index (χ2n) is 4.64. The summed E-state index contributed by atoms with van der Waals surface area (Å²) >= 11 is 0. The molecule has 0 aromatic carbocycles. The second-order valence-corrected chi connectivity index (χ2v) is 4.64. The van der Waals surface area contributed by atoms with Gasteiger partial charge in [-0.05, 0) is 37.4 Å². The van der Waals surface area contributed by atoms with Crippen LogP contribution in [0.15, 0.2) is 24.4 Å². The number of carbonyl (C=O) groups excluding carboxylic acids is 1. The predicted octanol–water partition coefficient (Wildman–Crippen LogP) is 1.51. The van der Waals surface area contributed by atoms with Crippen molar-refractivity contribution in [2.24, 2.45) is 11.7 Å². The van der Waals surface area contributed by atoms with Crippen molar-refractivity contribution >= 4 is 5.91 Å². The van der Waals surface area contributed by atoms with E-state index in [9.17, 15) is 4.79 Å². The number of hydrogen-bond acceptors (Lipinski definition) is 3. The molecule has 1 atom stereocenters. The van der Waals surface area contributed by atoms with Crippen LogP contribution in [0.2, 0.25) is 0 Å². The highest BCUT2D eigenvalue weighted by atomic mass is 16.1. The molecule has 0 fully saturated rings. The van der Waals surface area contributed by atoms with Crippen molar-refractivity contribution in [3.63, 3.8) is 0 Å². The third kappa shape index (κ3) is 6.35. The first kappa shape index (κ1) is 14.6. The molecule has 3 N–H and O–H groups in total. The summed E-state index contributed by atoms with van der Waals surface area (Å²) in [5.74, 6) is 0.645. The third-order valence-corrected chi connectivity index (χ3v) is 2.95. The first-order valence-corrected chi connectivity index (χ1v) is 6.59. The molecule has 0 saturated carbocycles. The van der Waals surface area contributed by atoms with Crippen LogP contribution < -0.4 is 11.1 Å². The van der Waals surface area contributed by atoms with E-state index < -0.39 is 0 Å². The van der Waals surface area contributed by atoms with Gasteiger partial charge >= 0.3 is 0 Å². The summed E-state index contributed by atoms with van der Waals surface area (Å²) in [5.41, 5.74) is 6.48. The lowest BCUT2D eigenvalue weighted by atomic mass is 10.0. The van der Waals surface area contributed by atoms with Gasteiger partial charge < -0.3 is 11.1 Å². The molecule has 0 aliphatic carbocycles. The largest absolute Gasteiger partial charge is 0.356 e. The van der Waals surface area contributed by atoms with Crippen LogP contribution in [0.3, 0.4) is 0 Å². The Morgan fingerprint density at radius 1 is 1.44 bits per heavy atom. The smallest absolute Gasteiger partial charge is 0.220 e. The molecule has 1 unspecified atom stereocenters. The highest BCUT2D eigenvalue weighted by Crippen LogP contribution is 2.08. The molecule has 0 bridgehead atoms. The monoisotopic (exact) mass is 249 g/mol. The lowest BCUT2D eigenvalue weighted by molar-refractivity contribution is -0.121. The maximum Gasteiger partial charge on any atom is 0.220 e. The summed E-state index contributed by atoms with van der Waals surface area (Å²) in [5, 5.41) is 2.92. The van der Waals surface area contributed by atoms with E-state index in [1.807, 2.05) is 18.2 Å². The average Bonchev–Trinajstić information content (AvgIpc) is 2.38. The summed E-state index contributed by atoms with van der Waals surface area (Å²) in [7, 11) is 0. The number of nitrogens with zero attached hydrogens (tertiary/aromatic N) is 1. The number of nitrogens with one attached hydrogen (secondary N) is 1. The molecule has 18 heavy (non-hydrogen) atoms. The molecule has 100 valence electrons. The Morgan fingerprint density at radius 3 is 2.94 bits per heavy atom. The van der Waals surface area contributed by atoms with Gasteiger partial charge in [-0.1, -0.05) is 13.0 Å². The van der Waals surface area contributed by atoms with Gasteiger partial charge in [-0.2, -0.15) is 0 Å². The van der Waals surface area contributed by atoms with E-state index in [1.165, 1.54) is 0 Å². The Morgan fingerprint density at radius 2 is 2.28 bits per heavy atom. The summed E-state index contributed by atoms with van der Waals surface area (Å²) in [6.45, 7) is 3.48. The molecule has 1 rings (SSSR count). The Bertz CT molecular complexity index is 340. The molecule has 0 aliphatic heterocycles. The van der Waals surface area contributed by atoms with Crippen molar-refractivity contribution in [2.75, 3.05) is 13.1 Å². The zero-order valence-electron chi connectivity index (χ0n) is 11.1. The second kappa shape index (κ2) is 8.64. The van der Waals surface area contributed by atoms with E-state index >= 15 is 0 Å². The first-order chi connectivity index (χ1) is 8.72. The molecule has 0 saturated heterocycles. The van der Waals surface area contributed by atoms with Gasteiger partial charge in [-0.25, -0.2) is 0 Å². The summed E-state index contributed by atoms with van der Waals surface area (Å²) < 4.78 is 0. The lowest BCUT2D eigenvalue weighted by Gasteiger charge is -2.09. The number of pyridine rings is 1. The Labute approximate surface area is 109 Å². The fourth-order valence-corrected chi connectivity index (χ4v) is 1.77. The van der Waals surface area contributed by atoms with Crippen LogP contribution in [0, 0.1) is 5.92 Å². The van der Waals surface area contributed by atoms with Crippen molar-refractivity contribution in [2.45, 2.75) is 32.6 Å². The highest BCUT2D eigenvalue weighted by molar-refractivity contribution is 5.75. The van der Waals surface area contributed by atoms with Gasteiger partial charge in [0.05, 0.1) is 0 Å². The number of nitrogens with two attached hydrogens (primary N) is 1. The Kier molecular flexibility index (Phi) is 7.03. The lowest BCUT2D eigenvalue weighted by Crippen LogP contribution is -2.26. The molecule has 0 radical (unpaired) electrons. The first-order valence-electron chi connectivity index (χ1n) is 6.59. The molecule has 1 heterocycles. The van der Waals surface area contributed by atoms with Crippen LogP contribution in [0.5, 0.6) is 0 Å². The van der Waals surface area contributed by atoms with E-state index in [4.69, 9.17) is 5.73 Å². The van der Waals surface area contributed by atoms with E-state index in [2.05, 4.69) is 17.2 Å². The van der Waals surface area contributed by atoms with Gasteiger partial charge in [0, 0.05) is 31.3 Å². The molecule has 4 nitrogen and oxygen atoms in total. The predicted molar refractivity (Wildman–Crippen MR) is 73.0 cm³/mol. The fourth-order valence-electron chi connectivity index (χ4n) is 1.77. The van der Waals surface area contributed by atoms with E-state index in [0.29, 0.717) is 25.4 Å². The molecule has 4 heteroatoms. The SMILES string of the molecule is CC(CCN)CCC(=O)NCCc1ccccn1. The standard InChI is InChI=1S/C14H23N3O/c1-12(7-9-15)5-6-14(18)17-11-8-13-4-2-3-10-16-13/h2-4,10,12H,5-9,11,15H2,1H3,(H,17,18). The number of rotatable bonds is 8. The van der Waals surface area contributed by atoms with Crippen LogP contribution >= 0.6 is 0 Å². The minimum atomic E-state index is 0.120. The third-order valence-electron chi connectivity index (χ3n) is 2.95. The summed E-state index contributed by atoms with van der Waals surface area (Å²) in [6, 6.07) is 5.81. The topological polar surface area (TPSA) is 68.0 Å². The average molecular weight is 249 g/mol. The van der Waals surface area contributed by atoms with Gasteiger partial charge in [0.25, 0.3) is 0 Å². The van der Waals surface area contributed by atoms with Gasteiger partial charge in [0.2, 0.25) is 5.91 Å². The molecule has 1 amide bonds. The summed E-state index contributed by atoms with van der Waals surface area (Å²) in [6.07, 6.45) is 5.04. The maximum atomic E-state index is 11.6. The zero-order valence-corrected chi connectivity index (χ0v) is 11.1. The van der Waals surface area contributed by atoms with E-state index in [0.717, 1.165) is 25.0 Å². The minimum Gasteiger partial charge on any atom is -0.356 e. The van der Waals surface area contributed by atoms with Crippen LogP contribution in [0.25, 0.3) is 0 Å². The van der Waals surface area contributed by atoms with Gasteiger partial charge in [0.1, 0.15) is 0 Å². The van der Waals surface area contributed by atoms with Crippen LogP contribution in [0.1, 0.15) is 31.9 Å². The van der Waals surface area contributed by atoms with Crippen LogP contribution in [-0.4, -0.2) is 24.0 Å². The number of hydrogen-bond donors (Lipinski definition) is 2. The number of amides is 1. The Balaban J connectivity index is 2.10. The fraction of sp³-hybridized carbons (Fsp3) is 0.571. The van der Waals surface area contributed by atoms with Gasteiger partial charge in [-0.3, -0.25) is 9.78 Å². The van der Waals surface area contributed by atoms with E-state index in [-0.39, 0.29) is 5.91 Å². The quantitative estimate of drug-likeness (QED) is 0.733. The van der Waals surface area contributed by atoms with E-state index in [1.54, 1.807) is 6.20 Å². The Hall–Kier alpha value is -1.42. The minimum absolute atomic E-state index is 0.120.